The zero-order valence-electron chi connectivity index (χ0n) is 13.7. The standard InChI is InChI=1S/C17H21ClN4O/c1-11-12(2)20-13(3)21-17(11)22-8-4-5-15(10-22)23-16-7-6-14(18)9-19-16/h6-7,9,15H,4-5,8,10H2,1-3H3. The summed E-state index contributed by atoms with van der Waals surface area (Å²) in [5.74, 6) is 2.45. The minimum atomic E-state index is 0.104. The highest BCUT2D eigenvalue weighted by molar-refractivity contribution is 6.30. The summed E-state index contributed by atoms with van der Waals surface area (Å²) in [6, 6.07) is 3.61. The van der Waals surface area contributed by atoms with Gasteiger partial charge in [-0.25, -0.2) is 15.0 Å². The molecule has 0 saturated carbocycles. The Morgan fingerprint density at radius 1 is 1.22 bits per heavy atom. The Hall–Kier alpha value is -1.88. The van der Waals surface area contributed by atoms with Crippen LogP contribution in [0.5, 0.6) is 5.88 Å². The lowest BCUT2D eigenvalue weighted by atomic mass is 10.1. The summed E-state index contributed by atoms with van der Waals surface area (Å²) in [5, 5.41) is 0.616. The van der Waals surface area contributed by atoms with Gasteiger partial charge in [0.15, 0.2) is 0 Å². The number of pyridine rings is 1. The zero-order chi connectivity index (χ0) is 16.4. The van der Waals surface area contributed by atoms with Gasteiger partial charge < -0.3 is 9.64 Å². The number of hydrogen-bond donors (Lipinski definition) is 0. The summed E-state index contributed by atoms with van der Waals surface area (Å²) in [6.45, 7) is 7.84. The number of nitrogens with zero attached hydrogens (tertiary/aromatic N) is 4. The second kappa shape index (κ2) is 6.71. The Kier molecular flexibility index (Phi) is 4.66. The van der Waals surface area contributed by atoms with Gasteiger partial charge in [-0.1, -0.05) is 11.6 Å². The zero-order valence-corrected chi connectivity index (χ0v) is 14.5. The number of piperidine rings is 1. The fourth-order valence-corrected chi connectivity index (χ4v) is 3.00. The van der Waals surface area contributed by atoms with Crippen LogP contribution in [0.3, 0.4) is 0 Å². The summed E-state index contributed by atoms with van der Waals surface area (Å²) >= 11 is 5.86. The van der Waals surface area contributed by atoms with Crippen LogP contribution in [0.25, 0.3) is 0 Å². The molecule has 0 spiro atoms. The van der Waals surface area contributed by atoms with Gasteiger partial charge in [-0.3, -0.25) is 0 Å². The van der Waals surface area contributed by atoms with Gasteiger partial charge in [-0.05, 0) is 39.7 Å². The van der Waals surface area contributed by atoms with Crippen molar-refractivity contribution in [1.82, 2.24) is 15.0 Å². The molecule has 23 heavy (non-hydrogen) atoms. The predicted octanol–water partition coefficient (Wildman–Crippen LogP) is 3.50. The predicted molar refractivity (Wildman–Crippen MR) is 91.4 cm³/mol. The van der Waals surface area contributed by atoms with Gasteiger partial charge in [0.25, 0.3) is 0 Å². The van der Waals surface area contributed by atoms with Gasteiger partial charge in [0.2, 0.25) is 5.88 Å². The van der Waals surface area contributed by atoms with Gasteiger partial charge in [-0.15, -0.1) is 0 Å². The monoisotopic (exact) mass is 332 g/mol. The first-order valence-electron chi connectivity index (χ1n) is 7.88. The summed E-state index contributed by atoms with van der Waals surface area (Å²) in [6.07, 6.45) is 3.80. The average Bonchev–Trinajstić information content (AvgIpc) is 2.53. The normalized spacial score (nSPS) is 18.1. The highest BCUT2D eigenvalue weighted by Crippen LogP contribution is 2.25. The molecule has 5 nitrogen and oxygen atoms in total. The van der Waals surface area contributed by atoms with Crippen LogP contribution in [-0.4, -0.2) is 34.1 Å². The molecule has 6 heteroatoms. The van der Waals surface area contributed by atoms with Crippen molar-refractivity contribution in [2.45, 2.75) is 39.7 Å². The SMILES string of the molecule is Cc1nc(C)c(C)c(N2CCCC(Oc3ccc(Cl)cn3)C2)n1. The van der Waals surface area contributed by atoms with Crippen molar-refractivity contribution < 1.29 is 4.74 Å². The lowest BCUT2D eigenvalue weighted by Gasteiger charge is -2.34. The van der Waals surface area contributed by atoms with E-state index in [1.54, 1.807) is 12.3 Å². The van der Waals surface area contributed by atoms with Crippen molar-refractivity contribution in [3.8, 4) is 5.88 Å². The van der Waals surface area contributed by atoms with Crippen LogP contribution in [0.15, 0.2) is 18.3 Å². The maximum Gasteiger partial charge on any atom is 0.213 e. The first-order chi connectivity index (χ1) is 11.0. The van der Waals surface area contributed by atoms with Gasteiger partial charge in [0.05, 0.1) is 11.6 Å². The largest absolute Gasteiger partial charge is 0.472 e. The first kappa shape index (κ1) is 16.0. The first-order valence-corrected chi connectivity index (χ1v) is 8.25. The molecule has 0 aromatic carbocycles. The number of anilines is 1. The topological polar surface area (TPSA) is 51.1 Å². The van der Waals surface area contributed by atoms with Crippen molar-refractivity contribution >= 4 is 17.4 Å². The van der Waals surface area contributed by atoms with Crippen LogP contribution in [0.2, 0.25) is 5.02 Å². The van der Waals surface area contributed by atoms with Crippen LogP contribution in [0.4, 0.5) is 5.82 Å². The molecule has 3 heterocycles. The van der Waals surface area contributed by atoms with Crippen LogP contribution < -0.4 is 9.64 Å². The molecule has 3 rings (SSSR count). The Morgan fingerprint density at radius 2 is 2.04 bits per heavy atom. The Labute approximate surface area is 141 Å². The Morgan fingerprint density at radius 3 is 2.78 bits per heavy atom. The molecule has 0 radical (unpaired) electrons. The van der Waals surface area contributed by atoms with E-state index in [0.29, 0.717) is 10.9 Å². The molecule has 1 aliphatic heterocycles. The number of halogens is 1. The third-order valence-electron chi connectivity index (χ3n) is 4.14. The molecular formula is C17H21ClN4O. The van der Waals surface area contributed by atoms with E-state index < -0.39 is 0 Å². The molecule has 1 fully saturated rings. The smallest absolute Gasteiger partial charge is 0.213 e. The summed E-state index contributed by atoms with van der Waals surface area (Å²) in [5.41, 5.74) is 2.18. The van der Waals surface area contributed by atoms with E-state index >= 15 is 0 Å². The second-order valence-electron chi connectivity index (χ2n) is 5.95. The summed E-state index contributed by atoms with van der Waals surface area (Å²) in [7, 11) is 0. The Balaban J connectivity index is 1.74. The van der Waals surface area contributed by atoms with E-state index in [-0.39, 0.29) is 6.10 Å². The van der Waals surface area contributed by atoms with Crippen molar-refractivity contribution in [2.24, 2.45) is 0 Å². The van der Waals surface area contributed by atoms with Gasteiger partial charge >= 0.3 is 0 Å². The minimum absolute atomic E-state index is 0.104. The van der Waals surface area contributed by atoms with Crippen molar-refractivity contribution in [3.05, 3.63) is 40.4 Å². The molecule has 2 aromatic rings. The van der Waals surface area contributed by atoms with Crippen LogP contribution in [0.1, 0.15) is 29.9 Å². The lowest BCUT2D eigenvalue weighted by Crippen LogP contribution is -2.42. The minimum Gasteiger partial charge on any atom is -0.472 e. The maximum absolute atomic E-state index is 6.01. The molecule has 122 valence electrons. The van der Waals surface area contributed by atoms with Crippen LogP contribution >= 0.6 is 11.6 Å². The number of hydrogen-bond acceptors (Lipinski definition) is 5. The molecule has 2 aromatic heterocycles. The maximum atomic E-state index is 6.01. The lowest BCUT2D eigenvalue weighted by molar-refractivity contribution is 0.172. The quantitative estimate of drug-likeness (QED) is 0.861. The fourth-order valence-electron chi connectivity index (χ4n) is 2.89. The Bertz CT molecular complexity index is 690. The van der Waals surface area contributed by atoms with Gasteiger partial charge in [-0.2, -0.15) is 0 Å². The number of aryl methyl sites for hydroxylation is 2. The van der Waals surface area contributed by atoms with Crippen molar-refractivity contribution in [3.63, 3.8) is 0 Å². The second-order valence-corrected chi connectivity index (χ2v) is 6.38. The van der Waals surface area contributed by atoms with E-state index in [1.165, 1.54) is 0 Å². The van der Waals surface area contributed by atoms with Crippen molar-refractivity contribution in [1.29, 1.82) is 0 Å². The molecule has 1 saturated heterocycles. The third kappa shape index (κ3) is 3.72. The highest BCUT2D eigenvalue weighted by atomic mass is 35.5. The highest BCUT2D eigenvalue weighted by Gasteiger charge is 2.24. The molecule has 0 N–H and O–H groups in total. The number of ether oxygens (including phenoxy) is 1. The molecule has 1 unspecified atom stereocenters. The van der Waals surface area contributed by atoms with Gasteiger partial charge in [0.1, 0.15) is 17.7 Å². The molecule has 0 bridgehead atoms. The molecule has 1 aliphatic rings. The van der Waals surface area contributed by atoms with Crippen LogP contribution in [-0.2, 0) is 0 Å². The van der Waals surface area contributed by atoms with Crippen LogP contribution in [0, 0.1) is 20.8 Å². The average molecular weight is 333 g/mol. The molecule has 1 atom stereocenters. The third-order valence-corrected chi connectivity index (χ3v) is 4.36. The van der Waals surface area contributed by atoms with Crippen molar-refractivity contribution in [2.75, 3.05) is 18.0 Å². The number of aromatic nitrogens is 3. The molecule has 0 aliphatic carbocycles. The van der Waals surface area contributed by atoms with E-state index in [1.807, 2.05) is 19.9 Å². The molecule has 0 amide bonds. The summed E-state index contributed by atoms with van der Waals surface area (Å²) in [4.78, 5) is 15.6. The summed E-state index contributed by atoms with van der Waals surface area (Å²) < 4.78 is 6.01. The number of rotatable bonds is 3. The van der Waals surface area contributed by atoms with E-state index in [4.69, 9.17) is 16.3 Å². The van der Waals surface area contributed by atoms with E-state index in [2.05, 4.69) is 26.8 Å². The van der Waals surface area contributed by atoms with E-state index in [9.17, 15) is 0 Å². The van der Waals surface area contributed by atoms with E-state index in [0.717, 1.165) is 48.8 Å². The fraction of sp³-hybridized carbons (Fsp3) is 0.471. The molecular weight excluding hydrogens is 312 g/mol. The van der Waals surface area contributed by atoms with Gasteiger partial charge in [0, 0.05) is 30.1 Å².